The first-order valence-electron chi connectivity index (χ1n) is 8.71. The number of benzene rings is 1. The number of piperidine rings is 1. The molecule has 0 saturated carbocycles. The minimum absolute atomic E-state index is 0.707. The van der Waals surface area contributed by atoms with Crippen LogP contribution in [-0.4, -0.2) is 37.7 Å². The third-order valence-corrected chi connectivity index (χ3v) is 4.74. The highest BCUT2D eigenvalue weighted by Crippen LogP contribution is 2.26. The lowest BCUT2D eigenvalue weighted by Gasteiger charge is -2.27. The number of aromatic nitrogens is 5. The molecule has 4 aromatic rings. The van der Waals surface area contributed by atoms with Gasteiger partial charge in [-0.2, -0.15) is 4.52 Å². The summed E-state index contributed by atoms with van der Waals surface area (Å²) in [7, 11) is 0. The smallest absolute Gasteiger partial charge is 0.229 e. The van der Waals surface area contributed by atoms with Gasteiger partial charge in [-0.1, -0.05) is 12.1 Å². The Balaban J connectivity index is 1.78. The highest BCUT2D eigenvalue weighted by atomic mass is 15.4. The van der Waals surface area contributed by atoms with Crippen LogP contribution in [0.5, 0.6) is 0 Å². The van der Waals surface area contributed by atoms with E-state index in [0.717, 1.165) is 41.2 Å². The highest BCUT2D eigenvalue weighted by Gasteiger charge is 2.20. The van der Waals surface area contributed by atoms with Crippen molar-refractivity contribution in [3.63, 3.8) is 0 Å². The fraction of sp³-hybridized carbons (Fsp3) is 0.263. The maximum Gasteiger partial charge on any atom is 0.229 e. The molecule has 0 N–H and O–H groups in total. The number of para-hydroxylation sites is 1. The normalized spacial score (nSPS) is 15.1. The number of pyridine rings is 1. The number of fused-ring (bicyclic) bond motifs is 3. The molecule has 1 fully saturated rings. The molecule has 6 nitrogen and oxygen atoms in total. The van der Waals surface area contributed by atoms with Gasteiger partial charge in [-0.3, -0.25) is 4.98 Å². The molecule has 25 heavy (non-hydrogen) atoms. The fourth-order valence-corrected chi connectivity index (χ4v) is 3.46. The molecule has 0 radical (unpaired) electrons. The quantitative estimate of drug-likeness (QED) is 0.564. The van der Waals surface area contributed by atoms with E-state index in [9.17, 15) is 0 Å². The maximum absolute atomic E-state index is 4.91. The molecule has 0 aliphatic carbocycles. The van der Waals surface area contributed by atoms with Crippen LogP contribution in [0.15, 0.2) is 48.8 Å². The summed E-state index contributed by atoms with van der Waals surface area (Å²) in [6, 6.07) is 12.0. The Morgan fingerprint density at radius 1 is 0.840 bits per heavy atom. The van der Waals surface area contributed by atoms with E-state index in [2.05, 4.69) is 16.0 Å². The molecular weight excluding hydrogens is 312 g/mol. The molecule has 3 aromatic heterocycles. The molecule has 1 aliphatic rings. The maximum atomic E-state index is 4.91. The van der Waals surface area contributed by atoms with Crippen LogP contribution in [0.1, 0.15) is 19.3 Å². The zero-order valence-electron chi connectivity index (χ0n) is 13.8. The lowest BCUT2D eigenvalue weighted by atomic mass is 10.1. The van der Waals surface area contributed by atoms with Crippen molar-refractivity contribution in [1.29, 1.82) is 0 Å². The second-order valence-corrected chi connectivity index (χ2v) is 6.38. The van der Waals surface area contributed by atoms with Crippen LogP contribution in [0.25, 0.3) is 27.9 Å². The van der Waals surface area contributed by atoms with E-state index >= 15 is 0 Å². The molecule has 1 saturated heterocycles. The summed E-state index contributed by atoms with van der Waals surface area (Å²) < 4.78 is 1.91. The molecule has 6 heteroatoms. The second-order valence-electron chi connectivity index (χ2n) is 6.38. The van der Waals surface area contributed by atoms with E-state index in [0.29, 0.717) is 5.82 Å². The van der Waals surface area contributed by atoms with Gasteiger partial charge in [0.15, 0.2) is 11.5 Å². The van der Waals surface area contributed by atoms with Crippen LogP contribution >= 0.6 is 0 Å². The largest absolute Gasteiger partial charge is 0.341 e. The van der Waals surface area contributed by atoms with Gasteiger partial charge >= 0.3 is 0 Å². The van der Waals surface area contributed by atoms with Crippen LogP contribution in [0.3, 0.4) is 0 Å². The Hall–Kier alpha value is -3.02. The fourth-order valence-electron chi connectivity index (χ4n) is 3.46. The first-order valence-corrected chi connectivity index (χ1v) is 8.71. The summed E-state index contributed by atoms with van der Waals surface area (Å²) in [6.45, 7) is 2.04. The molecule has 0 atom stereocenters. The van der Waals surface area contributed by atoms with Gasteiger partial charge in [0.25, 0.3) is 0 Å². The average Bonchev–Trinajstić information content (AvgIpc) is 3.14. The predicted molar refractivity (Wildman–Crippen MR) is 97.6 cm³/mol. The summed E-state index contributed by atoms with van der Waals surface area (Å²) >= 11 is 0. The van der Waals surface area contributed by atoms with Crippen molar-refractivity contribution in [2.45, 2.75) is 19.3 Å². The van der Waals surface area contributed by atoms with Gasteiger partial charge in [0, 0.05) is 36.4 Å². The zero-order valence-corrected chi connectivity index (χ0v) is 13.8. The van der Waals surface area contributed by atoms with Gasteiger partial charge in [0.2, 0.25) is 5.95 Å². The minimum atomic E-state index is 0.707. The summed E-state index contributed by atoms with van der Waals surface area (Å²) in [5.74, 6) is 1.60. The number of hydrogen-bond acceptors (Lipinski definition) is 5. The van der Waals surface area contributed by atoms with Crippen molar-refractivity contribution in [2.24, 2.45) is 0 Å². The Morgan fingerprint density at radius 3 is 2.48 bits per heavy atom. The zero-order chi connectivity index (χ0) is 16.6. The molecule has 0 unspecified atom stereocenters. The average molecular weight is 330 g/mol. The summed E-state index contributed by atoms with van der Waals surface area (Å²) in [6.07, 6.45) is 7.21. The standard InChI is InChI=1S/C19H18N6/c1-4-12-24(13-5-1)19-21-16-7-3-2-6-15(16)18-22-17(23-25(18)19)14-8-10-20-11-9-14/h2-3,6-11H,1,4-5,12-13H2. The van der Waals surface area contributed by atoms with Crippen molar-refractivity contribution in [1.82, 2.24) is 24.6 Å². The SMILES string of the molecule is c1ccc2c(c1)nc(N1CCCCC1)n1nc(-c3ccncc3)nc21. The molecule has 4 heterocycles. The van der Waals surface area contributed by atoms with Gasteiger partial charge in [0.05, 0.1) is 5.52 Å². The van der Waals surface area contributed by atoms with Crippen molar-refractivity contribution >= 4 is 22.5 Å². The van der Waals surface area contributed by atoms with Crippen LogP contribution < -0.4 is 4.90 Å². The van der Waals surface area contributed by atoms with E-state index in [-0.39, 0.29) is 0 Å². The Labute approximate surface area is 145 Å². The number of nitrogens with zero attached hydrogens (tertiary/aromatic N) is 6. The van der Waals surface area contributed by atoms with E-state index < -0.39 is 0 Å². The van der Waals surface area contributed by atoms with Gasteiger partial charge in [-0.15, -0.1) is 5.10 Å². The third-order valence-electron chi connectivity index (χ3n) is 4.74. The molecule has 1 aliphatic heterocycles. The van der Waals surface area contributed by atoms with Gasteiger partial charge in [0.1, 0.15) is 0 Å². The van der Waals surface area contributed by atoms with Gasteiger partial charge in [-0.05, 0) is 43.5 Å². The van der Waals surface area contributed by atoms with Crippen molar-refractivity contribution in [2.75, 3.05) is 18.0 Å². The lowest BCUT2D eigenvalue weighted by Crippen LogP contribution is -2.32. The van der Waals surface area contributed by atoms with Crippen LogP contribution in [-0.2, 0) is 0 Å². The molecule has 0 bridgehead atoms. The molecule has 1 aromatic carbocycles. The molecular formula is C19H18N6. The van der Waals surface area contributed by atoms with Crippen molar-refractivity contribution in [3.05, 3.63) is 48.8 Å². The third kappa shape index (κ3) is 2.41. The second kappa shape index (κ2) is 5.81. The van der Waals surface area contributed by atoms with Crippen LogP contribution in [0.2, 0.25) is 0 Å². The monoisotopic (exact) mass is 330 g/mol. The number of hydrogen-bond donors (Lipinski definition) is 0. The van der Waals surface area contributed by atoms with Crippen LogP contribution in [0, 0.1) is 0 Å². The first kappa shape index (κ1) is 14.3. The molecule has 0 spiro atoms. The van der Waals surface area contributed by atoms with Crippen molar-refractivity contribution < 1.29 is 0 Å². The lowest BCUT2D eigenvalue weighted by molar-refractivity contribution is 0.563. The first-order chi connectivity index (χ1) is 12.4. The van der Waals surface area contributed by atoms with Gasteiger partial charge in [-0.25, -0.2) is 9.97 Å². The molecule has 5 rings (SSSR count). The Morgan fingerprint density at radius 2 is 1.64 bits per heavy atom. The molecule has 0 amide bonds. The summed E-state index contributed by atoms with van der Waals surface area (Å²) in [5.41, 5.74) is 2.79. The van der Waals surface area contributed by atoms with Crippen LogP contribution in [0.4, 0.5) is 5.95 Å². The minimum Gasteiger partial charge on any atom is -0.341 e. The number of anilines is 1. The summed E-state index contributed by atoms with van der Waals surface area (Å²) in [4.78, 5) is 16.1. The molecule has 124 valence electrons. The Bertz CT molecular complexity index is 1030. The Kier molecular flexibility index (Phi) is 3.33. The topological polar surface area (TPSA) is 59.2 Å². The number of rotatable bonds is 2. The van der Waals surface area contributed by atoms with E-state index in [1.54, 1.807) is 12.4 Å². The van der Waals surface area contributed by atoms with Gasteiger partial charge < -0.3 is 4.90 Å². The van der Waals surface area contributed by atoms with E-state index in [1.807, 2.05) is 34.8 Å². The summed E-state index contributed by atoms with van der Waals surface area (Å²) in [5, 5.41) is 5.81. The van der Waals surface area contributed by atoms with Crippen molar-refractivity contribution in [3.8, 4) is 11.4 Å². The predicted octanol–water partition coefficient (Wildman–Crippen LogP) is 3.33. The van der Waals surface area contributed by atoms with E-state index in [1.165, 1.54) is 19.3 Å². The highest BCUT2D eigenvalue weighted by molar-refractivity contribution is 5.92. The van der Waals surface area contributed by atoms with E-state index in [4.69, 9.17) is 15.1 Å².